The molecular formula is C8H13IO3. The van der Waals surface area contributed by atoms with Gasteiger partial charge in [0.2, 0.25) is 0 Å². The van der Waals surface area contributed by atoms with E-state index in [1.54, 1.807) is 0 Å². The standard InChI is InChI=1S/C8H13IO3/c1-8(2)11-6-4-10-5(3-9)7(6)12-8/h5-7H,3-4H2,1-2H3/t5-,6+,7-/m1/s1. The highest BCUT2D eigenvalue weighted by Gasteiger charge is 2.49. The summed E-state index contributed by atoms with van der Waals surface area (Å²) < 4.78 is 17.9. The molecule has 2 rings (SSSR count). The second-order valence-electron chi connectivity index (χ2n) is 3.66. The molecule has 0 aromatic heterocycles. The zero-order chi connectivity index (χ0) is 8.77. The minimum Gasteiger partial charge on any atom is -0.372 e. The molecule has 0 unspecified atom stereocenters. The first-order valence-corrected chi connectivity index (χ1v) is 5.68. The van der Waals surface area contributed by atoms with E-state index < -0.39 is 5.79 Å². The van der Waals surface area contributed by atoms with Crippen LogP contribution in [-0.4, -0.2) is 35.1 Å². The van der Waals surface area contributed by atoms with Gasteiger partial charge < -0.3 is 14.2 Å². The van der Waals surface area contributed by atoms with Crippen molar-refractivity contribution < 1.29 is 14.2 Å². The van der Waals surface area contributed by atoms with E-state index >= 15 is 0 Å². The average Bonchev–Trinajstić information content (AvgIpc) is 2.42. The van der Waals surface area contributed by atoms with Gasteiger partial charge in [-0.05, 0) is 13.8 Å². The number of rotatable bonds is 1. The highest BCUT2D eigenvalue weighted by molar-refractivity contribution is 14.1. The van der Waals surface area contributed by atoms with Gasteiger partial charge in [-0.15, -0.1) is 0 Å². The Hall–Kier alpha value is 0.610. The van der Waals surface area contributed by atoms with Gasteiger partial charge in [-0.1, -0.05) is 22.6 Å². The molecule has 2 aliphatic rings. The van der Waals surface area contributed by atoms with E-state index in [9.17, 15) is 0 Å². The summed E-state index contributed by atoms with van der Waals surface area (Å²) in [5.41, 5.74) is 0. The van der Waals surface area contributed by atoms with Gasteiger partial charge in [0.15, 0.2) is 5.79 Å². The molecule has 0 amide bonds. The minimum absolute atomic E-state index is 0.150. The quantitative estimate of drug-likeness (QED) is 0.537. The molecule has 12 heavy (non-hydrogen) atoms. The molecule has 4 heteroatoms. The highest BCUT2D eigenvalue weighted by atomic mass is 127. The molecule has 0 aromatic carbocycles. The Bertz CT molecular complexity index is 183. The molecule has 0 bridgehead atoms. The van der Waals surface area contributed by atoms with Crippen LogP contribution in [0.3, 0.4) is 0 Å². The Morgan fingerprint density at radius 3 is 2.83 bits per heavy atom. The van der Waals surface area contributed by atoms with Crippen LogP contribution in [0.25, 0.3) is 0 Å². The van der Waals surface area contributed by atoms with Gasteiger partial charge in [0, 0.05) is 4.43 Å². The molecular weight excluding hydrogens is 271 g/mol. The van der Waals surface area contributed by atoms with Gasteiger partial charge >= 0.3 is 0 Å². The third-order valence-electron chi connectivity index (χ3n) is 2.21. The largest absolute Gasteiger partial charge is 0.372 e. The monoisotopic (exact) mass is 284 g/mol. The summed E-state index contributed by atoms with van der Waals surface area (Å²) in [6, 6.07) is 0. The molecule has 0 radical (unpaired) electrons. The first-order chi connectivity index (χ1) is 5.62. The van der Waals surface area contributed by atoms with Gasteiger partial charge in [-0.2, -0.15) is 0 Å². The highest BCUT2D eigenvalue weighted by Crippen LogP contribution is 2.35. The summed E-state index contributed by atoms with van der Waals surface area (Å²) in [5.74, 6) is -0.414. The first kappa shape index (κ1) is 9.18. The summed E-state index contributed by atoms with van der Waals surface area (Å²) in [4.78, 5) is 0. The van der Waals surface area contributed by atoms with Gasteiger partial charge in [0.25, 0.3) is 0 Å². The third kappa shape index (κ3) is 1.49. The Kier molecular flexibility index (Phi) is 2.35. The van der Waals surface area contributed by atoms with Crippen LogP contribution in [0.5, 0.6) is 0 Å². The number of hydrogen-bond donors (Lipinski definition) is 0. The van der Waals surface area contributed by atoms with Gasteiger partial charge in [-0.3, -0.25) is 0 Å². The van der Waals surface area contributed by atoms with Crippen LogP contribution >= 0.6 is 22.6 Å². The Labute approximate surface area is 85.9 Å². The molecule has 0 N–H and O–H groups in total. The zero-order valence-corrected chi connectivity index (χ0v) is 9.41. The lowest BCUT2D eigenvalue weighted by Gasteiger charge is -2.20. The van der Waals surface area contributed by atoms with Crippen molar-refractivity contribution in [2.24, 2.45) is 0 Å². The molecule has 0 aliphatic carbocycles. The smallest absolute Gasteiger partial charge is 0.164 e. The molecule has 70 valence electrons. The normalized spacial score (nSPS) is 44.8. The van der Waals surface area contributed by atoms with E-state index in [1.165, 1.54) is 0 Å². The van der Waals surface area contributed by atoms with Crippen molar-refractivity contribution >= 4 is 22.6 Å². The maximum Gasteiger partial charge on any atom is 0.164 e. The fraction of sp³-hybridized carbons (Fsp3) is 1.00. The van der Waals surface area contributed by atoms with E-state index in [0.717, 1.165) is 4.43 Å². The van der Waals surface area contributed by atoms with Gasteiger partial charge in [-0.25, -0.2) is 0 Å². The van der Waals surface area contributed by atoms with Crippen molar-refractivity contribution in [1.82, 2.24) is 0 Å². The SMILES string of the molecule is CC1(C)O[C@H]2[C@H](CO[C@@H]2CI)O1. The molecule has 2 aliphatic heterocycles. The Morgan fingerprint density at radius 1 is 1.42 bits per heavy atom. The van der Waals surface area contributed by atoms with Gasteiger partial charge in [0.05, 0.1) is 12.7 Å². The molecule has 0 saturated carbocycles. The lowest BCUT2D eigenvalue weighted by atomic mass is 10.2. The summed E-state index contributed by atoms with van der Waals surface area (Å²) in [6.45, 7) is 4.59. The van der Waals surface area contributed by atoms with E-state index in [4.69, 9.17) is 14.2 Å². The van der Waals surface area contributed by atoms with Crippen LogP contribution in [0.1, 0.15) is 13.8 Å². The summed E-state index contributed by atoms with van der Waals surface area (Å²) in [7, 11) is 0. The molecule has 0 aromatic rings. The second-order valence-corrected chi connectivity index (χ2v) is 4.55. The third-order valence-corrected chi connectivity index (χ3v) is 3.08. The van der Waals surface area contributed by atoms with Gasteiger partial charge in [0.1, 0.15) is 12.2 Å². The molecule has 2 fully saturated rings. The van der Waals surface area contributed by atoms with Crippen molar-refractivity contribution in [1.29, 1.82) is 0 Å². The van der Waals surface area contributed by atoms with E-state index in [1.807, 2.05) is 13.8 Å². The fourth-order valence-corrected chi connectivity index (χ4v) is 2.51. The fourth-order valence-electron chi connectivity index (χ4n) is 1.75. The summed E-state index contributed by atoms with van der Waals surface area (Å²) in [5, 5.41) is 0. The molecule has 0 spiro atoms. The lowest BCUT2D eigenvalue weighted by molar-refractivity contribution is -0.172. The van der Waals surface area contributed by atoms with E-state index in [2.05, 4.69) is 22.6 Å². The van der Waals surface area contributed by atoms with Crippen LogP contribution in [-0.2, 0) is 14.2 Å². The van der Waals surface area contributed by atoms with Crippen LogP contribution in [0.4, 0.5) is 0 Å². The van der Waals surface area contributed by atoms with Crippen molar-refractivity contribution in [2.75, 3.05) is 11.0 Å². The Morgan fingerprint density at radius 2 is 2.17 bits per heavy atom. The minimum atomic E-state index is -0.414. The average molecular weight is 284 g/mol. The maximum atomic E-state index is 5.72. The molecule has 3 nitrogen and oxygen atoms in total. The number of ether oxygens (including phenoxy) is 3. The number of hydrogen-bond acceptors (Lipinski definition) is 3. The summed E-state index contributed by atoms with van der Waals surface area (Å²) in [6.07, 6.45) is 0.522. The lowest BCUT2D eigenvalue weighted by Crippen LogP contribution is -2.30. The first-order valence-electron chi connectivity index (χ1n) is 4.15. The predicted octanol–water partition coefficient (Wildman–Crippen LogP) is 1.34. The number of fused-ring (bicyclic) bond motifs is 1. The Balaban J connectivity index is 2.06. The van der Waals surface area contributed by atoms with E-state index in [0.29, 0.717) is 6.61 Å². The van der Waals surface area contributed by atoms with E-state index in [-0.39, 0.29) is 18.3 Å². The van der Waals surface area contributed by atoms with Crippen molar-refractivity contribution in [3.8, 4) is 0 Å². The molecule has 3 atom stereocenters. The zero-order valence-electron chi connectivity index (χ0n) is 7.25. The van der Waals surface area contributed by atoms with Crippen LogP contribution in [0.2, 0.25) is 0 Å². The predicted molar refractivity (Wildman–Crippen MR) is 52.5 cm³/mol. The van der Waals surface area contributed by atoms with Crippen molar-refractivity contribution in [3.05, 3.63) is 0 Å². The van der Waals surface area contributed by atoms with Crippen LogP contribution in [0.15, 0.2) is 0 Å². The van der Waals surface area contributed by atoms with Crippen LogP contribution < -0.4 is 0 Å². The number of halogens is 1. The number of alkyl halides is 1. The van der Waals surface area contributed by atoms with Crippen LogP contribution in [0, 0.1) is 0 Å². The van der Waals surface area contributed by atoms with Crippen molar-refractivity contribution in [2.45, 2.75) is 37.9 Å². The second kappa shape index (κ2) is 3.08. The summed E-state index contributed by atoms with van der Waals surface area (Å²) >= 11 is 2.32. The molecule has 2 heterocycles. The van der Waals surface area contributed by atoms with Crippen molar-refractivity contribution in [3.63, 3.8) is 0 Å². The molecule has 2 saturated heterocycles. The topological polar surface area (TPSA) is 27.7 Å². The maximum absolute atomic E-state index is 5.72.